The van der Waals surface area contributed by atoms with Crippen molar-refractivity contribution in [3.63, 3.8) is 0 Å². The van der Waals surface area contributed by atoms with E-state index in [0.29, 0.717) is 16.5 Å². The highest BCUT2D eigenvalue weighted by Crippen LogP contribution is 2.19. The van der Waals surface area contributed by atoms with Crippen LogP contribution in [0.2, 0.25) is 5.15 Å². The number of aryl methyl sites for hydroxylation is 1. The zero-order valence-corrected chi connectivity index (χ0v) is 9.56. The zero-order chi connectivity index (χ0) is 11.9. The van der Waals surface area contributed by atoms with Crippen LogP contribution in [0, 0.1) is 6.92 Å². The highest BCUT2D eigenvalue weighted by molar-refractivity contribution is 6.29. The fourth-order valence-corrected chi connectivity index (χ4v) is 1.65. The number of fused-ring (bicyclic) bond motifs is 1. The average Bonchev–Trinajstić information content (AvgIpc) is 2.57. The maximum Gasteiger partial charge on any atom is 0.312 e. The fourth-order valence-electron chi connectivity index (χ4n) is 1.42. The molecule has 5 nitrogen and oxygen atoms in total. The van der Waals surface area contributed by atoms with E-state index in [-0.39, 0.29) is 0 Å². The van der Waals surface area contributed by atoms with E-state index in [2.05, 4.69) is 10.1 Å². The number of hydrogen-bond donors (Lipinski definition) is 1. The first kappa shape index (κ1) is 10.9. The molecule has 2 rings (SSSR count). The Kier molecular flexibility index (Phi) is 2.55. The molecular weight excluding hydrogens is 230 g/mol. The molecule has 0 radical (unpaired) electrons. The number of carboxylic acid groups (broad SMARTS) is 1. The van der Waals surface area contributed by atoms with Gasteiger partial charge in [-0.05, 0) is 19.9 Å². The lowest BCUT2D eigenvalue weighted by Crippen LogP contribution is -2.10. The first-order valence-electron chi connectivity index (χ1n) is 4.74. The Morgan fingerprint density at radius 1 is 1.56 bits per heavy atom. The van der Waals surface area contributed by atoms with Crippen molar-refractivity contribution in [1.82, 2.24) is 14.6 Å². The van der Waals surface area contributed by atoms with Crippen LogP contribution in [0.5, 0.6) is 0 Å². The summed E-state index contributed by atoms with van der Waals surface area (Å²) in [5, 5.41) is 13.4. The quantitative estimate of drug-likeness (QED) is 0.813. The van der Waals surface area contributed by atoms with Crippen LogP contribution in [-0.2, 0) is 4.79 Å². The van der Waals surface area contributed by atoms with Gasteiger partial charge in [-0.1, -0.05) is 11.6 Å². The minimum absolute atomic E-state index is 0.362. The standard InChI is InChI=1S/C10H10ClN3O2/c1-5-3-9-12-7(6(2)10(15)16)4-8(11)14(9)13-5/h3-4,6H,1-2H3,(H,15,16). The number of rotatable bonds is 2. The predicted octanol–water partition coefficient (Wildman–Crippen LogP) is 1.88. The van der Waals surface area contributed by atoms with Gasteiger partial charge in [0, 0.05) is 6.07 Å². The van der Waals surface area contributed by atoms with Gasteiger partial charge in [-0.2, -0.15) is 5.10 Å². The highest BCUT2D eigenvalue weighted by atomic mass is 35.5. The fraction of sp³-hybridized carbons (Fsp3) is 0.300. The predicted molar refractivity (Wildman–Crippen MR) is 58.8 cm³/mol. The molecule has 0 aliphatic carbocycles. The first-order chi connectivity index (χ1) is 7.49. The Labute approximate surface area is 96.7 Å². The number of halogens is 1. The van der Waals surface area contributed by atoms with Crippen molar-refractivity contribution in [3.05, 3.63) is 28.7 Å². The molecule has 0 spiro atoms. The smallest absolute Gasteiger partial charge is 0.312 e. The van der Waals surface area contributed by atoms with Gasteiger partial charge in [0.05, 0.1) is 17.3 Å². The minimum atomic E-state index is -0.927. The van der Waals surface area contributed by atoms with Crippen molar-refractivity contribution in [2.24, 2.45) is 0 Å². The van der Waals surface area contributed by atoms with Gasteiger partial charge in [0.25, 0.3) is 0 Å². The van der Waals surface area contributed by atoms with Gasteiger partial charge in [0.15, 0.2) is 5.65 Å². The monoisotopic (exact) mass is 239 g/mol. The lowest BCUT2D eigenvalue weighted by atomic mass is 10.1. The second-order valence-electron chi connectivity index (χ2n) is 3.62. The summed E-state index contributed by atoms with van der Waals surface area (Å²) in [4.78, 5) is 15.1. The molecule has 0 bridgehead atoms. The lowest BCUT2D eigenvalue weighted by molar-refractivity contribution is -0.138. The molecule has 2 aromatic heterocycles. The van der Waals surface area contributed by atoms with Crippen molar-refractivity contribution in [3.8, 4) is 0 Å². The molecule has 6 heteroatoms. The molecule has 2 heterocycles. The Morgan fingerprint density at radius 3 is 2.88 bits per heavy atom. The molecule has 1 atom stereocenters. The molecule has 0 aliphatic heterocycles. The molecule has 1 N–H and O–H groups in total. The SMILES string of the molecule is Cc1cc2nc(C(C)C(=O)O)cc(Cl)n2n1. The van der Waals surface area contributed by atoms with Gasteiger partial charge in [-0.15, -0.1) is 0 Å². The van der Waals surface area contributed by atoms with Crippen LogP contribution in [0.25, 0.3) is 5.65 Å². The van der Waals surface area contributed by atoms with Crippen LogP contribution in [0.3, 0.4) is 0 Å². The molecule has 84 valence electrons. The van der Waals surface area contributed by atoms with E-state index < -0.39 is 11.9 Å². The van der Waals surface area contributed by atoms with Gasteiger partial charge >= 0.3 is 5.97 Å². The Morgan fingerprint density at radius 2 is 2.25 bits per heavy atom. The number of carboxylic acids is 1. The normalized spacial score (nSPS) is 12.9. The summed E-state index contributed by atoms with van der Waals surface area (Å²) in [5.74, 6) is -1.61. The first-order valence-corrected chi connectivity index (χ1v) is 5.12. The highest BCUT2D eigenvalue weighted by Gasteiger charge is 2.17. The van der Waals surface area contributed by atoms with Crippen molar-refractivity contribution in [2.75, 3.05) is 0 Å². The molecule has 2 aromatic rings. The topological polar surface area (TPSA) is 67.5 Å². The summed E-state index contributed by atoms with van der Waals surface area (Å²) in [5.41, 5.74) is 1.78. The van der Waals surface area contributed by atoms with Crippen molar-refractivity contribution >= 4 is 23.2 Å². The van der Waals surface area contributed by atoms with E-state index >= 15 is 0 Å². The molecule has 0 aromatic carbocycles. The summed E-state index contributed by atoms with van der Waals surface area (Å²) in [6, 6.07) is 3.28. The third-order valence-electron chi connectivity index (χ3n) is 2.34. The second-order valence-corrected chi connectivity index (χ2v) is 4.01. The molecule has 1 unspecified atom stereocenters. The summed E-state index contributed by atoms with van der Waals surface area (Å²) >= 11 is 5.99. The van der Waals surface area contributed by atoms with Crippen molar-refractivity contribution in [2.45, 2.75) is 19.8 Å². The molecule has 0 saturated carbocycles. The van der Waals surface area contributed by atoms with Crippen molar-refractivity contribution in [1.29, 1.82) is 0 Å². The van der Waals surface area contributed by atoms with E-state index in [0.717, 1.165) is 5.69 Å². The van der Waals surface area contributed by atoms with E-state index in [9.17, 15) is 4.79 Å². The number of nitrogens with zero attached hydrogens (tertiary/aromatic N) is 3. The number of carbonyl (C=O) groups is 1. The molecule has 0 saturated heterocycles. The van der Waals surface area contributed by atoms with Crippen LogP contribution in [0.1, 0.15) is 24.2 Å². The summed E-state index contributed by atoms with van der Waals surface area (Å²) in [6.07, 6.45) is 0. The molecule has 0 aliphatic rings. The van der Waals surface area contributed by atoms with E-state index in [4.69, 9.17) is 16.7 Å². The molecule has 0 fully saturated rings. The number of hydrogen-bond acceptors (Lipinski definition) is 3. The Hall–Kier alpha value is -1.62. The summed E-state index contributed by atoms with van der Waals surface area (Å²) < 4.78 is 1.48. The van der Waals surface area contributed by atoms with Gasteiger partial charge in [-0.25, -0.2) is 9.50 Å². The molecule has 0 amide bonds. The van der Waals surface area contributed by atoms with Crippen LogP contribution >= 0.6 is 11.6 Å². The van der Waals surface area contributed by atoms with Crippen LogP contribution in [0.15, 0.2) is 12.1 Å². The van der Waals surface area contributed by atoms with Gasteiger partial charge < -0.3 is 5.11 Å². The van der Waals surface area contributed by atoms with Crippen LogP contribution in [-0.4, -0.2) is 25.7 Å². The summed E-state index contributed by atoms with van der Waals surface area (Å²) in [6.45, 7) is 3.39. The van der Waals surface area contributed by atoms with Gasteiger partial charge in [0.2, 0.25) is 0 Å². The molecular formula is C10H10ClN3O2. The third kappa shape index (κ3) is 1.74. The Balaban J connectivity index is 2.61. The number of aromatic nitrogens is 3. The zero-order valence-electron chi connectivity index (χ0n) is 8.81. The summed E-state index contributed by atoms with van der Waals surface area (Å²) in [7, 11) is 0. The van der Waals surface area contributed by atoms with Crippen LogP contribution in [0.4, 0.5) is 0 Å². The maximum absolute atomic E-state index is 10.8. The lowest BCUT2D eigenvalue weighted by Gasteiger charge is -2.06. The number of aliphatic carboxylic acids is 1. The minimum Gasteiger partial charge on any atom is -0.481 e. The average molecular weight is 240 g/mol. The maximum atomic E-state index is 10.8. The van der Waals surface area contributed by atoms with Crippen LogP contribution < -0.4 is 0 Å². The van der Waals surface area contributed by atoms with Gasteiger partial charge in [-0.3, -0.25) is 4.79 Å². The largest absolute Gasteiger partial charge is 0.481 e. The third-order valence-corrected chi connectivity index (χ3v) is 2.61. The van der Waals surface area contributed by atoms with E-state index in [1.165, 1.54) is 10.6 Å². The van der Waals surface area contributed by atoms with Crippen molar-refractivity contribution < 1.29 is 9.90 Å². The molecule has 16 heavy (non-hydrogen) atoms. The second kappa shape index (κ2) is 3.75. The Bertz CT molecular complexity index is 564. The van der Waals surface area contributed by atoms with E-state index in [1.807, 2.05) is 6.92 Å². The van der Waals surface area contributed by atoms with E-state index in [1.54, 1.807) is 13.0 Å². The van der Waals surface area contributed by atoms with Gasteiger partial charge in [0.1, 0.15) is 5.15 Å².